The van der Waals surface area contributed by atoms with Gasteiger partial charge in [0.25, 0.3) is 0 Å². The van der Waals surface area contributed by atoms with Gasteiger partial charge < -0.3 is 10.5 Å². The Balaban J connectivity index is 2.08. The minimum absolute atomic E-state index is 0.217. The summed E-state index contributed by atoms with van der Waals surface area (Å²) in [5.74, 6) is 0.729. The number of likely N-dealkylation sites (tertiary alicyclic amines) is 1. The standard InChI is InChI=1S/C15H23ClN2O/c1-11(17)14-5-3-4-8-18(14)10-12-6-7-15(19-2)13(16)9-12/h6-7,9,11,14H,3-5,8,10,17H2,1-2H3. The maximum absolute atomic E-state index is 6.18. The van der Waals surface area contributed by atoms with E-state index >= 15 is 0 Å². The maximum atomic E-state index is 6.18. The van der Waals surface area contributed by atoms with Crippen molar-refractivity contribution in [3.63, 3.8) is 0 Å². The Labute approximate surface area is 120 Å². The van der Waals surface area contributed by atoms with E-state index in [-0.39, 0.29) is 6.04 Å². The number of hydrogen-bond donors (Lipinski definition) is 1. The molecule has 0 spiro atoms. The van der Waals surface area contributed by atoms with Gasteiger partial charge in [0, 0.05) is 18.6 Å². The van der Waals surface area contributed by atoms with Crippen LogP contribution >= 0.6 is 11.6 Å². The number of piperidine rings is 1. The van der Waals surface area contributed by atoms with Crippen LogP contribution in [0.3, 0.4) is 0 Å². The highest BCUT2D eigenvalue weighted by atomic mass is 35.5. The third-order valence-electron chi connectivity index (χ3n) is 3.87. The molecule has 1 saturated heterocycles. The highest BCUT2D eigenvalue weighted by molar-refractivity contribution is 6.32. The summed E-state index contributed by atoms with van der Waals surface area (Å²) in [6, 6.07) is 6.71. The summed E-state index contributed by atoms with van der Waals surface area (Å²) in [5.41, 5.74) is 7.32. The smallest absolute Gasteiger partial charge is 0.137 e. The lowest BCUT2D eigenvalue weighted by Gasteiger charge is -2.38. The van der Waals surface area contributed by atoms with Crippen LogP contribution < -0.4 is 10.5 Å². The van der Waals surface area contributed by atoms with Crippen molar-refractivity contribution in [3.05, 3.63) is 28.8 Å². The Hall–Kier alpha value is -0.770. The van der Waals surface area contributed by atoms with Gasteiger partial charge in [-0.25, -0.2) is 0 Å². The van der Waals surface area contributed by atoms with E-state index in [9.17, 15) is 0 Å². The van der Waals surface area contributed by atoms with Gasteiger partial charge in [0.15, 0.2) is 0 Å². The Kier molecular flexibility index (Phi) is 5.08. The van der Waals surface area contributed by atoms with Crippen LogP contribution in [0.4, 0.5) is 0 Å². The van der Waals surface area contributed by atoms with Crippen molar-refractivity contribution in [2.45, 2.75) is 44.8 Å². The molecule has 3 nitrogen and oxygen atoms in total. The van der Waals surface area contributed by atoms with Crippen molar-refractivity contribution in [2.75, 3.05) is 13.7 Å². The molecule has 1 fully saturated rings. The maximum Gasteiger partial charge on any atom is 0.137 e. The van der Waals surface area contributed by atoms with E-state index < -0.39 is 0 Å². The minimum Gasteiger partial charge on any atom is -0.495 e. The Bertz CT molecular complexity index is 423. The van der Waals surface area contributed by atoms with Gasteiger partial charge in [0.1, 0.15) is 5.75 Å². The van der Waals surface area contributed by atoms with E-state index in [0.29, 0.717) is 11.1 Å². The normalized spacial score (nSPS) is 22.2. The van der Waals surface area contributed by atoms with E-state index in [1.165, 1.54) is 24.8 Å². The first-order valence-corrected chi connectivity index (χ1v) is 7.31. The van der Waals surface area contributed by atoms with E-state index in [4.69, 9.17) is 22.1 Å². The molecule has 1 aliphatic rings. The molecule has 2 rings (SSSR count). The summed E-state index contributed by atoms with van der Waals surface area (Å²) in [7, 11) is 1.64. The summed E-state index contributed by atoms with van der Waals surface area (Å²) >= 11 is 6.18. The van der Waals surface area contributed by atoms with Gasteiger partial charge in [-0.05, 0) is 44.0 Å². The zero-order valence-corrected chi connectivity index (χ0v) is 12.5. The van der Waals surface area contributed by atoms with Crippen LogP contribution in [0.25, 0.3) is 0 Å². The van der Waals surface area contributed by atoms with Crippen molar-refractivity contribution in [3.8, 4) is 5.75 Å². The number of methoxy groups -OCH3 is 1. The molecule has 0 aromatic heterocycles. The molecule has 0 aliphatic carbocycles. The summed E-state index contributed by atoms with van der Waals surface area (Å²) in [6.45, 7) is 4.13. The van der Waals surface area contributed by atoms with Gasteiger partial charge in [-0.15, -0.1) is 0 Å². The highest BCUT2D eigenvalue weighted by Gasteiger charge is 2.25. The molecule has 19 heavy (non-hydrogen) atoms. The Morgan fingerprint density at radius 1 is 1.47 bits per heavy atom. The molecular formula is C15H23ClN2O. The number of nitrogens with two attached hydrogens (primary N) is 1. The average molecular weight is 283 g/mol. The molecule has 2 N–H and O–H groups in total. The molecule has 2 atom stereocenters. The summed E-state index contributed by atoms with van der Waals surface area (Å²) in [5, 5.41) is 0.675. The van der Waals surface area contributed by atoms with Crippen LogP contribution in [0.1, 0.15) is 31.7 Å². The monoisotopic (exact) mass is 282 g/mol. The van der Waals surface area contributed by atoms with E-state index in [1.54, 1.807) is 7.11 Å². The third kappa shape index (κ3) is 3.62. The van der Waals surface area contributed by atoms with Crippen LogP contribution in [-0.2, 0) is 6.54 Å². The Morgan fingerprint density at radius 3 is 2.89 bits per heavy atom. The van der Waals surface area contributed by atoms with E-state index in [1.807, 2.05) is 12.1 Å². The molecule has 0 saturated carbocycles. The molecule has 0 bridgehead atoms. The van der Waals surface area contributed by atoms with Gasteiger partial charge in [0.05, 0.1) is 12.1 Å². The molecule has 4 heteroatoms. The zero-order chi connectivity index (χ0) is 13.8. The number of hydrogen-bond acceptors (Lipinski definition) is 3. The largest absolute Gasteiger partial charge is 0.495 e. The molecule has 0 amide bonds. The van der Waals surface area contributed by atoms with Gasteiger partial charge in [-0.1, -0.05) is 24.1 Å². The number of rotatable bonds is 4. The Morgan fingerprint density at radius 2 is 2.26 bits per heavy atom. The van der Waals surface area contributed by atoms with Crippen LogP contribution in [0, 0.1) is 0 Å². The van der Waals surface area contributed by atoms with Gasteiger partial charge in [-0.2, -0.15) is 0 Å². The lowest BCUT2D eigenvalue weighted by Crippen LogP contribution is -2.48. The zero-order valence-electron chi connectivity index (χ0n) is 11.7. The summed E-state index contributed by atoms with van der Waals surface area (Å²) in [4.78, 5) is 2.48. The fourth-order valence-corrected chi connectivity index (χ4v) is 3.13. The first kappa shape index (κ1) is 14.6. The minimum atomic E-state index is 0.217. The lowest BCUT2D eigenvalue weighted by molar-refractivity contribution is 0.123. The van der Waals surface area contributed by atoms with Crippen molar-refractivity contribution >= 4 is 11.6 Å². The average Bonchev–Trinajstić information content (AvgIpc) is 2.39. The van der Waals surface area contributed by atoms with E-state index in [0.717, 1.165) is 18.8 Å². The van der Waals surface area contributed by atoms with Crippen molar-refractivity contribution in [2.24, 2.45) is 5.73 Å². The van der Waals surface area contributed by atoms with Crippen LogP contribution in [0.15, 0.2) is 18.2 Å². The van der Waals surface area contributed by atoms with Crippen LogP contribution in [0.5, 0.6) is 5.75 Å². The van der Waals surface area contributed by atoms with Crippen molar-refractivity contribution in [1.82, 2.24) is 4.90 Å². The molecule has 0 radical (unpaired) electrons. The highest BCUT2D eigenvalue weighted by Crippen LogP contribution is 2.27. The number of ether oxygens (including phenoxy) is 1. The second kappa shape index (κ2) is 6.60. The molecule has 1 aliphatic heterocycles. The quantitative estimate of drug-likeness (QED) is 0.922. The first-order chi connectivity index (χ1) is 9.11. The number of nitrogens with zero attached hydrogens (tertiary/aromatic N) is 1. The number of benzene rings is 1. The lowest BCUT2D eigenvalue weighted by atomic mass is 9.96. The third-order valence-corrected chi connectivity index (χ3v) is 4.17. The predicted molar refractivity (Wildman–Crippen MR) is 79.7 cm³/mol. The molecular weight excluding hydrogens is 260 g/mol. The summed E-state index contributed by atoms with van der Waals surface area (Å²) in [6.07, 6.45) is 3.74. The van der Waals surface area contributed by atoms with Gasteiger partial charge in [0.2, 0.25) is 0 Å². The molecule has 2 unspecified atom stereocenters. The first-order valence-electron chi connectivity index (χ1n) is 6.94. The SMILES string of the molecule is COc1ccc(CN2CCCCC2C(C)N)cc1Cl. The van der Waals surface area contributed by atoms with Crippen molar-refractivity contribution < 1.29 is 4.74 Å². The van der Waals surface area contributed by atoms with Gasteiger partial charge >= 0.3 is 0 Å². The molecule has 1 aromatic carbocycles. The second-order valence-corrected chi connectivity index (χ2v) is 5.77. The summed E-state index contributed by atoms with van der Waals surface area (Å²) < 4.78 is 5.18. The second-order valence-electron chi connectivity index (χ2n) is 5.36. The number of halogens is 1. The molecule has 1 heterocycles. The van der Waals surface area contributed by atoms with E-state index in [2.05, 4.69) is 17.9 Å². The molecule has 106 valence electrons. The fraction of sp³-hybridized carbons (Fsp3) is 0.600. The van der Waals surface area contributed by atoms with Gasteiger partial charge in [-0.3, -0.25) is 4.90 Å². The van der Waals surface area contributed by atoms with Crippen LogP contribution in [-0.4, -0.2) is 30.6 Å². The van der Waals surface area contributed by atoms with Crippen LogP contribution in [0.2, 0.25) is 5.02 Å². The topological polar surface area (TPSA) is 38.5 Å². The predicted octanol–water partition coefficient (Wildman–Crippen LogP) is 3.05. The molecule has 1 aromatic rings. The fourth-order valence-electron chi connectivity index (χ4n) is 2.85. The van der Waals surface area contributed by atoms with Crippen molar-refractivity contribution in [1.29, 1.82) is 0 Å².